The average molecular weight is 327 g/mol. The van der Waals surface area contributed by atoms with Crippen molar-refractivity contribution in [1.29, 1.82) is 0 Å². The molecule has 2 aromatic rings. The van der Waals surface area contributed by atoms with Crippen LogP contribution in [0, 0.1) is 5.92 Å². The van der Waals surface area contributed by atoms with Gasteiger partial charge in [0, 0.05) is 0 Å². The SMILES string of the molecule is COc1ccc2cccc(CC(=O)NC(CC3CC3)C(=O)O)c2c1. The molecule has 1 saturated carbocycles. The van der Waals surface area contributed by atoms with E-state index in [0.717, 1.165) is 34.9 Å². The summed E-state index contributed by atoms with van der Waals surface area (Å²) in [6, 6.07) is 10.7. The number of aliphatic carboxylic acids is 1. The van der Waals surface area contributed by atoms with Crippen molar-refractivity contribution < 1.29 is 19.4 Å². The fourth-order valence-electron chi connectivity index (χ4n) is 2.92. The van der Waals surface area contributed by atoms with E-state index in [2.05, 4.69) is 5.32 Å². The minimum absolute atomic E-state index is 0.152. The summed E-state index contributed by atoms with van der Waals surface area (Å²) in [6.07, 6.45) is 2.79. The third-order valence-corrected chi connectivity index (χ3v) is 4.43. The topological polar surface area (TPSA) is 75.6 Å². The van der Waals surface area contributed by atoms with Crippen LogP contribution in [0.2, 0.25) is 0 Å². The largest absolute Gasteiger partial charge is 0.497 e. The molecule has 2 aromatic carbocycles. The Morgan fingerprint density at radius 2 is 2.08 bits per heavy atom. The predicted octanol–water partition coefficient (Wildman–Crippen LogP) is 2.76. The summed E-state index contributed by atoms with van der Waals surface area (Å²) < 4.78 is 5.25. The first kappa shape index (κ1) is 16.3. The standard InChI is InChI=1S/C19H21NO4/c1-24-15-8-7-13-3-2-4-14(16(13)11-15)10-18(21)20-17(19(22)23)9-12-5-6-12/h2-4,7-8,11-12,17H,5-6,9-10H2,1H3,(H,20,21)(H,22,23). The van der Waals surface area contributed by atoms with Gasteiger partial charge >= 0.3 is 5.97 Å². The molecule has 5 nitrogen and oxygen atoms in total. The minimum Gasteiger partial charge on any atom is -0.497 e. The van der Waals surface area contributed by atoms with Crippen molar-refractivity contribution >= 4 is 22.6 Å². The highest BCUT2D eigenvalue weighted by Crippen LogP contribution is 2.33. The monoisotopic (exact) mass is 327 g/mol. The lowest BCUT2D eigenvalue weighted by Gasteiger charge is -2.15. The van der Waals surface area contributed by atoms with Gasteiger partial charge in [-0.15, -0.1) is 0 Å². The number of methoxy groups -OCH3 is 1. The third-order valence-electron chi connectivity index (χ3n) is 4.43. The molecule has 0 spiro atoms. The van der Waals surface area contributed by atoms with E-state index in [9.17, 15) is 14.7 Å². The average Bonchev–Trinajstić information content (AvgIpc) is 3.38. The first-order chi connectivity index (χ1) is 11.6. The number of benzene rings is 2. The van der Waals surface area contributed by atoms with Crippen LogP contribution in [0.4, 0.5) is 0 Å². The molecule has 1 unspecified atom stereocenters. The van der Waals surface area contributed by atoms with E-state index in [0.29, 0.717) is 12.3 Å². The molecule has 24 heavy (non-hydrogen) atoms. The number of amides is 1. The van der Waals surface area contributed by atoms with Crippen LogP contribution in [0.1, 0.15) is 24.8 Å². The fourth-order valence-corrected chi connectivity index (χ4v) is 2.92. The maximum atomic E-state index is 12.3. The molecule has 1 aliphatic carbocycles. The molecular formula is C19H21NO4. The summed E-state index contributed by atoms with van der Waals surface area (Å²) in [5.74, 6) is -0.0612. The van der Waals surface area contributed by atoms with E-state index < -0.39 is 12.0 Å². The first-order valence-electron chi connectivity index (χ1n) is 8.14. The molecule has 1 aliphatic rings. The Kier molecular flexibility index (Phi) is 4.69. The highest BCUT2D eigenvalue weighted by atomic mass is 16.5. The highest BCUT2D eigenvalue weighted by Gasteiger charge is 2.30. The maximum absolute atomic E-state index is 12.3. The second-order valence-electron chi connectivity index (χ2n) is 6.32. The lowest BCUT2D eigenvalue weighted by atomic mass is 10.0. The molecule has 1 amide bonds. The summed E-state index contributed by atoms with van der Waals surface area (Å²) in [7, 11) is 1.60. The Hall–Kier alpha value is -2.56. The number of carbonyl (C=O) groups is 2. The zero-order chi connectivity index (χ0) is 17.1. The number of ether oxygens (including phenoxy) is 1. The van der Waals surface area contributed by atoms with Crippen LogP contribution in [0.5, 0.6) is 5.75 Å². The van der Waals surface area contributed by atoms with Gasteiger partial charge in [0.15, 0.2) is 0 Å². The molecular weight excluding hydrogens is 306 g/mol. The van der Waals surface area contributed by atoms with Crippen LogP contribution in [0.25, 0.3) is 10.8 Å². The normalized spacial score (nSPS) is 15.0. The van der Waals surface area contributed by atoms with Gasteiger partial charge in [-0.25, -0.2) is 4.79 Å². The van der Waals surface area contributed by atoms with Gasteiger partial charge in [-0.2, -0.15) is 0 Å². The minimum atomic E-state index is -0.963. The van der Waals surface area contributed by atoms with Crippen molar-refractivity contribution in [3.8, 4) is 5.75 Å². The van der Waals surface area contributed by atoms with Crippen molar-refractivity contribution in [3.05, 3.63) is 42.0 Å². The molecule has 1 atom stereocenters. The summed E-state index contributed by atoms with van der Waals surface area (Å²) in [6.45, 7) is 0. The first-order valence-corrected chi connectivity index (χ1v) is 8.14. The number of fused-ring (bicyclic) bond motifs is 1. The van der Waals surface area contributed by atoms with E-state index in [1.54, 1.807) is 7.11 Å². The van der Waals surface area contributed by atoms with Gasteiger partial charge in [-0.05, 0) is 40.8 Å². The molecule has 2 N–H and O–H groups in total. The van der Waals surface area contributed by atoms with E-state index in [4.69, 9.17) is 4.74 Å². The van der Waals surface area contributed by atoms with Crippen LogP contribution < -0.4 is 10.1 Å². The van der Waals surface area contributed by atoms with Crippen LogP contribution in [-0.4, -0.2) is 30.1 Å². The van der Waals surface area contributed by atoms with Crippen LogP contribution in [-0.2, 0) is 16.0 Å². The Balaban J connectivity index is 1.75. The molecule has 0 saturated heterocycles. The Morgan fingerprint density at radius 1 is 1.29 bits per heavy atom. The molecule has 0 aliphatic heterocycles. The van der Waals surface area contributed by atoms with E-state index in [-0.39, 0.29) is 12.3 Å². The van der Waals surface area contributed by atoms with Crippen LogP contribution in [0.3, 0.4) is 0 Å². The van der Waals surface area contributed by atoms with Crippen LogP contribution >= 0.6 is 0 Å². The molecule has 0 aromatic heterocycles. The van der Waals surface area contributed by atoms with Crippen molar-refractivity contribution in [1.82, 2.24) is 5.32 Å². The number of carboxylic acids is 1. The highest BCUT2D eigenvalue weighted by molar-refractivity contribution is 5.92. The van der Waals surface area contributed by atoms with Crippen LogP contribution in [0.15, 0.2) is 36.4 Å². The smallest absolute Gasteiger partial charge is 0.326 e. The molecule has 126 valence electrons. The molecule has 0 bridgehead atoms. The number of nitrogens with one attached hydrogen (secondary N) is 1. The molecule has 0 heterocycles. The molecule has 3 rings (SSSR count). The fraction of sp³-hybridized carbons (Fsp3) is 0.368. The van der Waals surface area contributed by atoms with Gasteiger partial charge in [0.1, 0.15) is 11.8 Å². The second-order valence-corrected chi connectivity index (χ2v) is 6.32. The van der Waals surface area contributed by atoms with Gasteiger partial charge in [-0.1, -0.05) is 37.1 Å². The van der Waals surface area contributed by atoms with Gasteiger partial charge in [0.05, 0.1) is 13.5 Å². The molecule has 1 fully saturated rings. The summed E-state index contributed by atoms with van der Waals surface area (Å²) in [5, 5.41) is 13.9. The molecule has 0 radical (unpaired) electrons. The Morgan fingerprint density at radius 3 is 2.75 bits per heavy atom. The number of carbonyl (C=O) groups excluding carboxylic acids is 1. The second kappa shape index (κ2) is 6.91. The summed E-state index contributed by atoms with van der Waals surface area (Å²) in [5.41, 5.74) is 0.861. The number of hydrogen-bond acceptors (Lipinski definition) is 3. The molecule has 5 heteroatoms. The number of rotatable bonds is 7. The van der Waals surface area contributed by atoms with Gasteiger partial charge in [-0.3, -0.25) is 4.79 Å². The lowest BCUT2D eigenvalue weighted by Crippen LogP contribution is -2.41. The quantitative estimate of drug-likeness (QED) is 0.820. The number of carboxylic acid groups (broad SMARTS) is 1. The van der Waals surface area contributed by atoms with Crippen molar-refractivity contribution in [2.45, 2.75) is 31.7 Å². The van der Waals surface area contributed by atoms with E-state index in [1.165, 1.54) is 0 Å². The van der Waals surface area contributed by atoms with Gasteiger partial charge < -0.3 is 15.2 Å². The van der Waals surface area contributed by atoms with E-state index >= 15 is 0 Å². The summed E-state index contributed by atoms with van der Waals surface area (Å²) in [4.78, 5) is 23.6. The van der Waals surface area contributed by atoms with Gasteiger partial charge in [0.2, 0.25) is 5.91 Å². The Bertz CT molecular complexity index is 767. The Labute approximate surface area is 140 Å². The van der Waals surface area contributed by atoms with Gasteiger partial charge in [0.25, 0.3) is 0 Å². The van der Waals surface area contributed by atoms with Crippen molar-refractivity contribution in [3.63, 3.8) is 0 Å². The third kappa shape index (κ3) is 3.85. The zero-order valence-electron chi connectivity index (χ0n) is 13.6. The predicted molar refractivity (Wildman–Crippen MR) is 91.1 cm³/mol. The van der Waals surface area contributed by atoms with E-state index in [1.807, 2.05) is 36.4 Å². The number of hydrogen-bond donors (Lipinski definition) is 2. The lowest BCUT2D eigenvalue weighted by molar-refractivity contribution is -0.142. The maximum Gasteiger partial charge on any atom is 0.326 e. The van der Waals surface area contributed by atoms with Crippen molar-refractivity contribution in [2.24, 2.45) is 5.92 Å². The zero-order valence-corrected chi connectivity index (χ0v) is 13.6. The van der Waals surface area contributed by atoms with Crippen molar-refractivity contribution in [2.75, 3.05) is 7.11 Å². The summed E-state index contributed by atoms with van der Waals surface area (Å²) >= 11 is 0.